The third kappa shape index (κ3) is 4.48. The van der Waals surface area contributed by atoms with Crippen molar-refractivity contribution in [1.29, 1.82) is 0 Å². The van der Waals surface area contributed by atoms with Crippen molar-refractivity contribution in [2.24, 2.45) is 0 Å². The molecule has 1 aromatic heterocycles. The fourth-order valence-electron chi connectivity index (χ4n) is 3.33. The molecule has 2 aromatic carbocycles. The molecule has 1 aliphatic heterocycles. The second-order valence-corrected chi connectivity index (χ2v) is 9.18. The maximum atomic E-state index is 12.5. The highest BCUT2D eigenvalue weighted by Gasteiger charge is 2.42. The van der Waals surface area contributed by atoms with Gasteiger partial charge in [0.05, 0.1) is 17.4 Å². The summed E-state index contributed by atoms with van der Waals surface area (Å²) < 4.78 is 32.1. The normalized spacial score (nSPS) is 14.1. The van der Waals surface area contributed by atoms with Crippen molar-refractivity contribution in [3.63, 3.8) is 0 Å². The number of esters is 1. The minimum atomic E-state index is -4.13. The number of amides is 2. The Bertz CT molecular complexity index is 1320. The Morgan fingerprint density at radius 3 is 2.48 bits per heavy atom. The van der Waals surface area contributed by atoms with Gasteiger partial charge in [0.1, 0.15) is 11.4 Å². The van der Waals surface area contributed by atoms with Crippen LogP contribution in [-0.2, 0) is 30.9 Å². The summed E-state index contributed by atoms with van der Waals surface area (Å²) in [6.45, 7) is -1.16. The molecule has 2 amide bonds. The van der Waals surface area contributed by atoms with E-state index in [9.17, 15) is 22.8 Å². The molecule has 0 radical (unpaired) electrons. The Morgan fingerprint density at radius 2 is 1.76 bits per heavy atom. The standard InChI is InChI=1S/C22H20N4O6S/c1-24(12-16-11-23-25(13-16)17-7-3-2-4-8-17)20(27)15-32-21(28)14-26-22(29)18-9-5-6-10-19(18)33(26,30)31/h2-11,13H,12,14-15H2,1H3. The summed E-state index contributed by atoms with van der Waals surface area (Å²) >= 11 is 0. The number of rotatable bonds is 7. The van der Waals surface area contributed by atoms with Gasteiger partial charge in [0, 0.05) is 25.4 Å². The van der Waals surface area contributed by atoms with Gasteiger partial charge < -0.3 is 9.64 Å². The molecule has 3 aromatic rings. The number of hydrogen-bond acceptors (Lipinski definition) is 7. The van der Waals surface area contributed by atoms with Crippen LogP contribution >= 0.6 is 0 Å². The molecular formula is C22H20N4O6S. The number of fused-ring (bicyclic) bond motifs is 1. The number of sulfonamides is 1. The van der Waals surface area contributed by atoms with Crippen LogP contribution in [0.5, 0.6) is 0 Å². The second kappa shape index (κ2) is 8.87. The Hall–Kier alpha value is -3.99. The van der Waals surface area contributed by atoms with Gasteiger partial charge in [0.2, 0.25) is 0 Å². The van der Waals surface area contributed by atoms with Crippen molar-refractivity contribution >= 4 is 27.8 Å². The molecule has 11 heteroatoms. The summed E-state index contributed by atoms with van der Waals surface area (Å²) in [6, 6.07) is 15.2. The van der Waals surface area contributed by atoms with Crippen LogP contribution in [0.1, 0.15) is 15.9 Å². The maximum Gasteiger partial charge on any atom is 0.327 e. The molecule has 0 saturated carbocycles. The molecule has 0 unspecified atom stereocenters. The lowest BCUT2D eigenvalue weighted by Gasteiger charge is -2.17. The molecule has 2 heterocycles. The first kappa shape index (κ1) is 22.2. The van der Waals surface area contributed by atoms with Crippen LogP contribution in [0.4, 0.5) is 0 Å². The van der Waals surface area contributed by atoms with Gasteiger partial charge in [-0.1, -0.05) is 30.3 Å². The summed E-state index contributed by atoms with van der Waals surface area (Å²) in [5.41, 5.74) is 1.64. The van der Waals surface area contributed by atoms with Crippen LogP contribution in [0, 0.1) is 0 Å². The number of carbonyl (C=O) groups excluding carboxylic acids is 3. The summed E-state index contributed by atoms with van der Waals surface area (Å²) in [5.74, 6) is -2.30. The second-order valence-electron chi connectivity index (χ2n) is 7.35. The predicted octanol–water partition coefficient (Wildman–Crippen LogP) is 1.22. The SMILES string of the molecule is CN(Cc1cnn(-c2ccccc2)c1)C(=O)COC(=O)CN1C(=O)c2ccccc2S1(=O)=O. The molecule has 4 rings (SSSR count). The average Bonchev–Trinajstić information content (AvgIpc) is 3.35. The van der Waals surface area contributed by atoms with Crippen molar-refractivity contribution in [3.8, 4) is 5.69 Å². The molecule has 0 N–H and O–H groups in total. The summed E-state index contributed by atoms with van der Waals surface area (Å²) in [7, 11) is -2.59. The van der Waals surface area contributed by atoms with Crippen molar-refractivity contribution < 1.29 is 27.5 Å². The lowest BCUT2D eigenvalue weighted by Crippen LogP contribution is -2.37. The van der Waals surface area contributed by atoms with Gasteiger partial charge in [-0.15, -0.1) is 0 Å². The molecule has 10 nitrogen and oxygen atoms in total. The molecule has 0 bridgehead atoms. The van der Waals surface area contributed by atoms with Gasteiger partial charge >= 0.3 is 5.97 Å². The Kier molecular flexibility index (Phi) is 5.97. The number of ether oxygens (including phenoxy) is 1. The zero-order valence-electron chi connectivity index (χ0n) is 17.6. The van der Waals surface area contributed by atoms with Crippen LogP contribution in [0.2, 0.25) is 0 Å². The smallest absolute Gasteiger partial charge is 0.327 e. The third-order valence-corrected chi connectivity index (χ3v) is 6.83. The number of para-hydroxylation sites is 1. The lowest BCUT2D eigenvalue weighted by molar-refractivity contribution is -0.151. The topological polar surface area (TPSA) is 119 Å². The number of hydrogen-bond donors (Lipinski definition) is 0. The van der Waals surface area contributed by atoms with E-state index < -0.39 is 41.0 Å². The zero-order chi connectivity index (χ0) is 23.6. The van der Waals surface area contributed by atoms with Crippen LogP contribution in [0.3, 0.4) is 0 Å². The van der Waals surface area contributed by atoms with Gasteiger partial charge in [0.25, 0.3) is 21.8 Å². The number of likely N-dealkylation sites (N-methyl/N-ethyl adjacent to an activating group) is 1. The zero-order valence-corrected chi connectivity index (χ0v) is 18.4. The van der Waals surface area contributed by atoms with E-state index in [1.54, 1.807) is 24.1 Å². The molecule has 0 saturated heterocycles. The van der Waals surface area contributed by atoms with E-state index in [-0.39, 0.29) is 17.0 Å². The Labute approximate surface area is 190 Å². The first-order valence-electron chi connectivity index (χ1n) is 9.92. The number of aromatic nitrogens is 2. The van der Waals surface area contributed by atoms with E-state index in [0.29, 0.717) is 4.31 Å². The van der Waals surface area contributed by atoms with Crippen LogP contribution < -0.4 is 0 Å². The molecule has 0 spiro atoms. The largest absolute Gasteiger partial charge is 0.454 e. The number of nitrogens with zero attached hydrogens (tertiary/aromatic N) is 4. The first-order chi connectivity index (χ1) is 15.8. The summed E-state index contributed by atoms with van der Waals surface area (Å²) in [6.07, 6.45) is 3.41. The molecule has 33 heavy (non-hydrogen) atoms. The van der Waals surface area contributed by atoms with Gasteiger partial charge in [-0.05, 0) is 24.3 Å². The van der Waals surface area contributed by atoms with Gasteiger partial charge in [-0.25, -0.2) is 17.4 Å². The van der Waals surface area contributed by atoms with E-state index >= 15 is 0 Å². The van der Waals surface area contributed by atoms with Crippen molar-refractivity contribution in [2.75, 3.05) is 20.2 Å². The highest BCUT2D eigenvalue weighted by atomic mass is 32.2. The summed E-state index contributed by atoms with van der Waals surface area (Å²) in [5, 5.41) is 4.27. The Morgan fingerprint density at radius 1 is 1.06 bits per heavy atom. The monoisotopic (exact) mass is 468 g/mol. The van der Waals surface area contributed by atoms with E-state index in [0.717, 1.165) is 11.3 Å². The Balaban J connectivity index is 1.30. The van der Waals surface area contributed by atoms with Gasteiger partial charge in [-0.3, -0.25) is 14.4 Å². The minimum Gasteiger partial charge on any atom is -0.454 e. The third-order valence-electron chi connectivity index (χ3n) is 5.04. The fourth-order valence-corrected chi connectivity index (χ4v) is 4.84. The quantitative estimate of drug-likeness (QED) is 0.478. The minimum absolute atomic E-state index is 0.00263. The van der Waals surface area contributed by atoms with Crippen molar-refractivity contribution in [1.82, 2.24) is 19.0 Å². The average molecular weight is 468 g/mol. The van der Waals surface area contributed by atoms with E-state index in [1.807, 2.05) is 30.3 Å². The van der Waals surface area contributed by atoms with Crippen LogP contribution in [0.25, 0.3) is 5.69 Å². The van der Waals surface area contributed by atoms with Gasteiger partial charge in [0.15, 0.2) is 6.61 Å². The number of benzene rings is 2. The van der Waals surface area contributed by atoms with Crippen LogP contribution in [-0.4, -0.2) is 65.4 Å². The van der Waals surface area contributed by atoms with Crippen molar-refractivity contribution in [2.45, 2.75) is 11.4 Å². The molecule has 0 fully saturated rings. The first-order valence-corrected chi connectivity index (χ1v) is 11.4. The van der Waals surface area contributed by atoms with E-state index in [4.69, 9.17) is 4.74 Å². The maximum absolute atomic E-state index is 12.5. The van der Waals surface area contributed by atoms with Gasteiger partial charge in [-0.2, -0.15) is 5.10 Å². The molecule has 0 aliphatic carbocycles. The van der Waals surface area contributed by atoms with Crippen LogP contribution in [0.15, 0.2) is 71.9 Å². The molecule has 0 atom stereocenters. The lowest BCUT2D eigenvalue weighted by atomic mass is 10.2. The highest BCUT2D eigenvalue weighted by molar-refractivity contribution is 7.90. The van der Waals surface area contributed by atoms with Crippen molar-refractivity contribution in [3.05, 3.63) is 78.1 Å². The predicted molar refractivity (Wildman–Crippen MR) is 116 cm³/mol. The molecular weight excluding hydrogens is 448 g/mol. The molecule has 1 aliphatic rings. The van der Waals surface area contributed by atoms with E-state index in [2.05, 4.69) is 5.10 Å². The fraction of sp³-hybridized carbons (Fsp3) is 0.182. The number of carbonyl (C=O) groups is 3. The summed E-state index contributed by atoms with van der Waals surface area (Å²) in [4.78, 5) is 38.1. The highest BCUT2D eigenvalue weighted by Crippen LogP contribution is 2.29. The van der Waals surface area contributed by atoms with E-state index in [1.165, 1.54) is 29.2 Å². The molecule has 170 valence electrons.